The molecule has 1 aliphatic rings. The lowest BCUT2D eigenvalue weighted by atomic mass is 11.1. The normalized spacial score (nSPS) is 21.5. The number of hydrogen-bond acceptors (Lipinski definition) is 4. The van der Waals surface area contributed by atoms with Crippen LogP contribution in [0.1, 0.15) is 0 Å². The van der Waals surface area contributed by atoms with Gasteiger partial charge in [-0.3, -0.25) is 5.43 Å². The first-order chi connectivity index (χ1) is 2.89. The maximum atomic E-state index is 3.88. The van der Waals surface area contributed by atoms with Gasteiger partial charge in [-0.05, 0) is 11.9 Å². The zero-order valence-corrected chi connectivity index (χ0v) is 4.59. The third kappa shape index (κ3) is 0.830. The second kappa shape index (κ2) is 1.77. The third-order valence-corrected chi connectivity index (χ3v) is 1.27. The molecule has 33 valence electrons. The molecule has 1 rings (SSSR count). The minimum Gasteiger partial charge on any atom is -0.297 e. The standard InChI is InChI=1S/C2H3N2S2/c5-4-3-1-2-6-4/h2-3,5H. The molecule has 0 saturated heterocycles. The molecule has 0 unspecified atom stereocenters. The van der Waals surface area contributed by atoms with E-state index in [1.165, 1.54) is 11.9 Å². The molecule has 0 atom stereocenters. The van der Waals surface area contributed by atoms with E-state index in [2.05, 4.69) is 24.4 Å². The second-order valence-corrected chi connectivity index (χ2v) is 2.23. The summed E-state index contributed by atoms with van der Waals surface area (Å²) in [6, 6.07) is 0. The van der Waals surface area contributed by atoms with E-state index in [0.717, 1.165) is 0 Å². The highest BCUT2D eigenvalue weighted by Gasteiger charge is 1.96. The van der Waals surface area contributed by atoms with Gasteiger partial charge in [-0.2, -0.15) is 0 Å². The summed E-state index contributed by atoms with van der Waals surface area (Å²) in [6.07, 6.45) is 2.71. The Morgan fingerprint density at radius 2 is 2.83 bits per heavy atom. The maximum absolute atomic E-state index is 3.88. The van der Waals surface area contributed by atoms with Crippen LogP contribution in [0.3, 0.4) is 0 Å². The number of rotatable bonds is 0. The Morgan fingerprint density at radius 3 is 3.00 bits per heavy atom. The molecular weight excluding hydrogens is 116 g/mol. The predicted octanol–water partition coefficient (Wildman–Crippen LogP) is 0.574. The first kappa shape index (κ1) is 4.36. The number of hydrazine groups is 1. The summed E-state index contributed by atoms with van der Waals surface area (Å²) >= 11 is 5.33. The van der Waals surface area contributed by atoms with Crippen LogP contribution in [0.2, 0.25) is 0 Å². The van der Waals surface area contributed by atoms with Crippen molar-refractivity contribution in [2.45, 2.75) is 0 Å². The molecule has 1 heterocycles. The lowest BCUT2D eigenvalue weighted by Gasteiger charge is -1.99. The smallest absolute Gasteiger partial charge is 0.0836 e. The van der Waals surface area contributed by atoms with Gasteiger partial charge in [0.25, 0.3) is 0 Å². The van der Waals surface area contributed by atoms with Gasteiger partial charge in [-0.1, -0.05) is 12.8 Å². The fourth-order valence-corrected chi connectivity index (χ4v) is 0.694. The monoisotopic (exact) mass is 119 g/mol. The van der Waals surface area contributed by atoms with Gasteiger partial charge >= 0.3 is 0 Å². The van der Waals surface area contributed by atoms with Crippen molar-refractivity contribution in [3.63, 3.8) is 0 Å². The molecule has 0 spiro atoms. The molecule has 6 heavy (non-hydrogen) atoms. The lowest BCUT2D eigenvalue weighted by molar-refractivity contribution is 0.660. The van der Waals surface area contributed by atoms with Crippen LogP contribution in [0.5, 0.6) is 0 Å². The Kier molecular flexibility index (Phi) is 1.29. The highest BCUT2D eigenvalue weighted by atomic mass is 32.2. The average molecular weight is 119 g/mol. The van der Waals surface area contributed by atoms with Crippen molar-refractivity contribution in [1.82, 2.24) is 9.25 Å². The van der Waals surface area contributed by atoms with Crippen LogP contribution in [0, 0.1) is 6.20 Å². The van der Waals surface area contributed by atoms with Crippen LogP contribution in [-0.4, -0.2) is 3.82 Å². The molecule has 0 bridgehead atoms. The average Bonchev–Trinajstić information content (AvgIpc) is 1.86. The van der Waals surface area contributed by atoms with E-state index in [0.29, 0.717) is 0 Å². The fourth-order valence-electron chi connectivity index (χ4n) is 0.184. The molecule has 2 nitrogen and oxygen atoms in total. The van der Waals surface area contributed by atoms with Crippen molar-refractivity contribution in [3.05, 3.63) is 11.6 Å². The molecule has 0 aromatic carbocycles. The quantitative estimate of drug-likeness (QED) is 0.358. The molecule has 0 fully saturated rings. The van der Waals surface area contributed by atoms with Gasteiger partial charge in [0, 0.05) is 5.41 Å². The maximum Gasteiger partial charge on any atom is 0.0836 e. The van der Waals surface area contributed by atoms with E-state index >= 15 is 0 Å². The van der Waals surface area contributed by atoms with Crippen molar-refractivity contribution in [1.29, 1.82) is 0 Å². The number of hydrogen-bond donors (Lipinski definition) is 2. The SMILES string of the molecule is SN1N[C]=CS1. The minimum atomic E-state index is 1.45. The Balaban J connectivity index is 2.32. The molecule has 4 heteroatoms. The number of nitrogens with zero attached hydrogens (tertiary/aromatic N) is 1. The third-order valence-electron chi connectivity index (χ3n) is 0.372. The molecule has 0 amide bonds. The molecular formula is C2H3N2S2. The Hall–Kier alpha value is 0.200. The Morgan fingerprint density at radius 1 is 2.00 bits per heavy atom. The van der Waals surface area contributed by atoms with Gasteiger partial charge in [-0.25, -0.2) is 0 Å². The zero-order chi connectivity index (χ0) is 4.41. The largest absolute Gasteiger partial charge is 0.297 e. The molecule has 0 aliphatic carbocycles. The fraction of sp³-hybridized carbons (Fsp3) is 0. The van der Waals surface area contributed by atoms with Crippen molar-refractivity contribution < 1.29 is 0 Å². The van der Waals surface area contributed by atoms with Gasteiger partial charge in [0.15, 0.2) is 0 Å². The Labute approximate surface area is 46.2 Å². The van der Waals surface area contributed by atoms with Crippen LogP contribution in [0.25, 0.3) is 0 Å². The molecule has 1 aliphatic heterocycles. The van der Waals surface area contributed by atoms with Crippen LogP contribution in [0.15, 0.2) is 5.41 Å². The van der Waals surface area contributed by atoms with Crippen molar-refractivity contribution in [3.8, 4) is 0 Å². The predicted molar refractivity (Wildman–Crippen MR) is 29.4 cm³/mol. The Bertz CT molecular complexity index is 63.9. The first-order valence-corrected chi connectivity index (χ1v) is 2.62. The lowest BCUT2D eigenvalue weighted by Crippen LogP contribution is -2.11. The topological polar surface area (TPSA) is 15.3 Å². The van der Waals surface area contributed by atoms with E-state index in [9.17, 15) is 0 Å². The van der Waals surface area contributed by atoms with Crippen molar-refractivity contribution in [2.24, 2.45) is 0 Å². The van der Waals surface area contributed by atoms with Gasteiger partial charge in [0.1, 0.15) is 0 Å². The molecule has 0 saturated carbocycles. The molecule has 0 aromatic heterocycles. The summed E-state index contributed by atoms with van der Waals surface area (Å²) in [5.41, 5.74) is 2.67. The highest BCUT2D eigenvalue weighted by Crippen LogP contribution is 2.13. The molecule has 1 N–H and O–H groups in total. The van der Waals surface area contributed by atoms with E-state index in [4.69, 9.17) is 0 Å². The molecule has 0 aromatic rings. The van der Waals surface area contributed by atoms with Gasteiger partial charge < -0.3 is 0 Å². The number of nitrogens with one attached hydrogen (secondary N) is 1. The highest BCUT2D eigenvalue weighted by molar-refractivity contribution is 8.07. The molecule has 1 radical (unpaired) electrons. The summed E-state index contributed by atoms with van der Waals surface area (Å²) in [5.74, 6) is 0. The summed E-state index contributed by atoms with van der Waals surface area (Å²) in [5, 5.41) is 1.78. The van der Waals surface area contributed by atoms with E-state index in [1.54, 1.807) is 9.23 Å². The summed E-state index contributed by atoms with van der Waals surface area (Å²) in [4.78, 5) is 0. The van der Waals surface area contributed by atoms with E-state index in [1.807, 2.05) is 0 Å². The van der Waals surface area contributed by atoms with Crippen LogP contribution in [-0.2, 0) is 0 Å². The minimum absolute atomic E-state index is 1.45. The van der Waals surface area contributed by atoms with Crippen LogP contribution >= 0.6 is 24.8 Å². The van der Waals surface area contributed by atoms with Crippen molar-refractivity contribution >= 4 is 24.8 Å². The van der Waals surface area contributed by atoms with Crippen molar-refractivity contribution in [2.75, 3.05) is 0 Å². The van der Waals surface area contributed by atoms with E-state index in [-0.39, 0.29) is 0 Å². The number of thiol groups is 1. The zero-order valence-electron chi connectivity index (χ0n) is 2.88. The van der Waals surface area contributed by atoms with Gasteiger partial charge in [-0.15, -0.1) is 3.82 Å². The van der Waals surface area contributed by atoms with Crippen LogP contribution < -0.4 is 5.43 Å². The van der Waals surface area contributed by atoms with E-state index < -0.39 is 0 Å². The van der Waals surface area contributed by atoms with Gasteiger partial charge in [0.2, 0.25) is 0 Å². The summed E-state index contributed by atoms with van der Waals surface area (Å²) in [7, 11) is 0. The second-order valence-electron chi connectivity index (χ2n) is 0.752. The summed E-state index contributed by atoms with van der Waals surface area (Å²) < 4.78 is 1.56. The van der Waals surface area contributed by atoms with Gasteiger partial charge in [0.05, 0.1) is 6.20 Å². The first-order valence-electron chi connectivity index (χ1n) is 1.38. The summed E-state index contributed by atoms with van der Waals surface area (Å²) in [6.45, 7) is 0. The van der Waals surface area contributed by atoms with Crippen LogP contribution in [0.4, 0.5) is 0 Å².